The Morgan fingerprint density at radius 1 is 1.37 bits per heavy atom. The molecule has 10 heteroatoms. The Hall–Kier alpha value is 0.590. The van der Waals surface area contributed by atoms with Gasteiger partial charge in [0.2, 0.25) is 15.9 Å². The number of rotatable bonds is 2. The van der Waals surface area contributed by atoms with Crippen LogP contribution in [0.5, 0.6) is 0 Å². The van der Waals surface area contributed by atoms with Gasteiger partial charge in [0, 0.05) is 5.69 Å². The summed E-state index contributed by atoms with van der Waals surface area (Å²) in [5, 5.41) is 4.09. The molecule has 2 rings (SSSR count). The molecule has 19 heavy (non-hydrogen) atoms. The summed E-state index contributed by atoms with van der Waals surface area (Å²) in [5.41, 5.74) is 0.425. The maximum Gasteiger partial charge on any atom is 1.00 e. The zero-order chi connectivity index (χ0) is 13.7. The summed E-state index contributed by atoms with van der Waals surface area (Å²) in [7, 11) is -3.76. The van der Waals surface area contributed by atoms with Gasteiger partial charge in [0.05, 0.1) is 4.90 Å². The van der Waals surface area contributed by atoms with Crippen molar-refractivity contribution in [3.8, 4) is 0 Å². The van der Waals surface area contributed by atoms with Gasteiger partial charge in [-0.15, -0.1) is 11.6 Å². The predicted molar refractivity (Wildman–Crippen MR) is 74.0 cm³/mol. The number of carbonyl (C=O) groups excluding carboxylic acids is 1. The number of benzene rings is 1. The SMILES string of the molecule is NS(=O)(=O)c1ccc(N2C(=O)C(Cl)C2([S-])S)cc1.[Na+]. The van der Waals surface area contributed by atoms with E-state index in [0.29, 0.717) is 5.69 Å². The van der Waals surface area contributed by atoms with E-state index < -0.39 is 19.6 Å². The number of nitrogens with two attached hydrogens (primary N) is 1. The molecule has 0 aliphatic carbocycles. The van der Waals surface area contributed by atoms with Gasteiger partial charge in [0.1, 0.15) is 5.38 Å². The Kier molecular flexibility index (Phi) is 5.35. The minimum Gasteiger partial charge on any atom is -0.751 e. The molecule has 1 aromatic carbocycles. The van der Waals surface area contributed by atoms with E-state index in [1.165, 1.54) is 29.2 Å². The molecule has 2 N–H and O–H groups in total. The number of amides is 1. The Morgan fingerprint density at radius 2 is 1.84 bits per heavy atom. The van der Waals surface area contributed by atoms with E-state index in [-0.39, 0.29) is 40.4 Å². The second kappa shape index (κ2) is 5.76. The van der Waals surface area contributed by atoms with Crippen LogP contribution in [-0.4, -0.2) is 23.9 Å². The van der Waals surface area contributed by atoms with E-state index in [9.17, 15) is 13.2 Å². The van der Waals surface area contributed by atoms with E-state index in [1.807, 2.05) is 0 Å². The first kappa shape index (κ1) is 17.6. The van der Waals surface area contributed by atoms with Crippen LogP contribution < -0.4 is 39.6 Å². The molecule has 0 saturated carbocycles. The zero-order valence-corrected chi connectivity index (χ0v) is 15.1. The van der Waals surface area contributed by atoms with Crippen molar-refractivity contribution in [3.05, 3.63) is 24.3 Å². The zero-order valence-electron chi connectivity index (χ0n) is 9.78. The third-order valence-corrected chi connectivity index (χ3v) is 5.10. The summed E-state index contributed by atoms with van der Waals surface area (Å²) in [6.45, 7) is 0. The standard InChI is InChI=1S/C9H9ClN2O3S3.Na/c10-7-8(13)12(9(7,16)17)5-1-3-6(4-2-5)18(11,14)15;/h1-4,7,16-17H,(H2,11,14,15);/q;+1/p-1. The van der Waals surface area contributed by atoms with Crippen molar-refractivity contribution in [2.75, 3.05) is 4.90 Å². The minimum absolute atomic E-state index is 0. The van der Waals surface area contributed by atoms with Crippen molar-refractivity contribution >= 4 is 58.5 Å². The van der Waals surface area contributed by atoms with Crippen LogP contribution in [0.1, 0.15) is 0 Å². The van der Waals surface area contributed by atoms with Crippen molar-refractivity contribution in [1.82, 2.24) is 0 Å². The molecule has 2 unspecified atom stereocenters. The molecule has 1 aromatic rings. The summed E-state index contributed by atoms with van der Waals surface area (Å²) in [6, 6.07) is 5.44. The first-order chi connectivity index (χ1) is 8.15. The van der Waals surface area contributed by atoms with Gasteiger partial charge in [-0.2, -0.15) is 12.6 Å². The topological polar surface area (TPSA) is 80.5 Å². The van der Waals surface area contributed by atoms with Crippen LogP contribution in [0.4, 0.5) is 5.69 Å². The molecule has 1 heterocycles. The van der Waals surface area contributed by atoms with E-state index in [4.69, 9.17) is 29.4 Å². The normalized spacial score (nSPS) is 26.6. The minimum atomic E-state index is -3.76. The van der Waals surface area contributed by atoms with Crippen LogP contribution in [0.2, 0.25) is 0 Å². The number of anilines is 1. The van der Waals surface area contributed by atoms with Crippen molar-refractivity contribution in [1.29, 1.82) is 0 Å². The third-order valence-electron chi connectivity index (χ3n) is 2.51. The Morgan fingerprint density at radius 3 is 2.21 bits per heavy atom. The van der Waals surface area contributed by atoms with E-state index in [1.54, 1.807) is 0 Å². The fourth-order valence-electron chi connectivity index (χ4n) is 1.58. The molecule has 0 radical (unpaired) electrons. The number of β-lactam (4-membered cyclic amide) rings is 1. The summed E-state index contributed by atoms with van der Waals surface area (Å²) in [4.78, 5) is 12.8. The molecular formula is C9H8ClN2NaO3S3. The van der Waals surface area contributed by atoms with E-state index in [0.717, 1.165) is 0 Å². The van der Waals surface area contributed by atoms with Gasteiger partial charge in [-0.3, -0.25) is 4.79 Å². The van der Waals surface area contributed by atoms with Crippen molar-refractivity contribution in [2.45, 2.75) is 14.5 Å². The van der Waals surface area contributed by atoms with Crippen LogP contribution in [0.15, 0.2) is 29.2 Å². The van der Waals surface area contributed by atoms with Crippen LogP contribution in [-0.2, 0) is 27.4 Å². The molecule has 2 atom stereocenters. The van der Waals surface area contributed by atoms with Gasteiger partial charge in [-0.25, -0.2) is 13.6 Å². The number of sulfonamides is 1. The fraction of sp³-hybridized carbons (Fsp3) is 0.222. The molecule has 1 saturated heterocycles. The maximum absolute atomic E-state index is 11.6. The quantitative estimate of drug-likeness (QED) is 0.203. The Bertz CT molecular complexity index is 606. The fourth-order valence-corrected chi connectivity index (χ4v) is 2.91. The van der Waals surface area contributed by atoms with Gasteiger partial charge in [-0.1, -0.05) is 0 Å². The largest absolute Gasteiger partial charge is 1.00 e. The molecular weight excluding hydrogens is 339 g/mol. The molecule has 1 amide bonds. The first-order valence-electron chi connectivity index (χ1n) is 4.69. The smallest absolute Gasteiger partial charge is 0.751 e. The van der Waals surface area contributed by atoms with Gasteiger partial charge in [0.25, 0.3) is 0 Å². The molecule has 0 bridgehead atoms. The van der Waals surface area contributed by atoms with Gasteiger partial charge in [0.15, 0.2) is 0 Å². The second-order valence-corrected chi connectivity index (χ2v) is 7.34. The number of carbonyl (C=O) groups is 1. The second-order valence-electron chi connectivity index (χ2n) is 3.73. The number of hydrogen-bond acceptors (Lipinski definition) is 5. The monoisotopic (exact) mass is 346 g/mol. The Labute approximate surface area is 149 Å². The third kappa shape index (κ3) is 3.11. The average Bonchev–Trinajstić information content (AvgIpc) is 2.27. The summed E-state index contributed by atoms with van der Waals surface area (Å²) >= 11 is 15.0. The number of primary sulfonamides is 1. The molecule has 1 aliphatic heterocycles. The molecule has 5 nitrogen and oxygen atoms in total. The summed E-state index contributed by atoms with van der Waals surface area (Å²) < 4.78 is 21.0. The number of nitrogens with zero attached hydrogens (tertiary/aromatic N) is 1. The number of hydrogen-bond donors (Lipinski definition) is 2. The van der Waals surface area contributed by atoms with Crippen LogP contribution in [0, 0.1) is 0 Å². The van der Waals surface area contributed by atoms with Gasteiger partial charge >= 0.3 is 29.6 Å². The Balaban J connectivity index is 0.00000180. The van der Waals surface area contributed by atoms with Gasteiger partial charge < -0.3 is 17.5 Å². The molecule has 98 valence electrons. The average molecular weight is 347 g/mol. The predicted octanol–water partition coefficient (Wildman–Crippen LogP) is -2.58. The van der Waals surface area contributed by atoms with Crippen LogP contribution >= 0.6 is 24.2 Å². The van der Waals surface area contributed by atoms with E-state index in [2.05, 4.69) is 12.6 Å². The van der Waals surface area contributed by atoms with Crippen LogP contribution in [0.25, 0.3) is 0 Å². The maximum atomic E-state index is 11.6. The van der Waals surface area contributed by atoms with E-state index >= 15 is 0 Å². The summed E-state index contributed by atoms with van der Waals surface area (Å²) in [6.07, 6.45) is 0. The number of thiol groups is 1. The first-order valence-corrected chi connectivity index (χ1v) is 7.53. The number of alkyl halides is 1. The van der Waals surface area contributed by atoms with Crippen molar-refractivity contribution in [3.63, 3.8) is 0 Å². The summed E-state index contributed by atoms with van der Waals surface area (Å²) in [5.74, 6) is -0.370. The van der Waals surface area contributed by atoms with Crippen molar-refractivity contribution in [2.24, 2.45) is 5.14 Å². The van der Waals surface area contributed by atoms with Crippen LogP contribution in [0.3, 0.4) is 0 Å². The molecule has 0 spiro atoms. The molecule has 0 aromatic heterocycles. The van der Waals surface area contributed by atoms with Crippen molar-refractivity contribution < 1.29 is 42.8 Å². The number of halogens is 1. The van der Waals surface area contributed by atoms with Gasteiger partial charge in [-0.05, 0) is 28.5 Å². The molecule has 1 aliphatic rings. The molecule has 1 fully saturated rings.